The Labute approximate surface area is 72.1 Å². The Morgan fingerprint density at radius 1 is 1.58 bits per heavy atom. The van der Waals surface area contributed by atoms with Crippen LogP contribution < -0.4 is 0 Å². The molecule has 0 heterocycles. The summed E-state index contributed by atoms with van der Waals surface area (Å²) in [6, 6.07) is 0. The fourth-order valence-electron chi connectivity index (χ4n) is 1.05. The van der Waals surface area contributed by atoms with Gasteiger partial charge in [-0.15, -0.1) is 0 Å². The van der Waals surface area contributed by atoms with Crippen LogP contribution in [-0.4, -0.2) is 17.3 Å². The zero-order valence-corrected chi connectivity index (χ0v) is 7.58. The van der Waals surface area contributed by atoms with Gasteiger partial charge in [0.15, 0.2) is 0 Å². The monoisotopic (exact) mass is 173 g/mol. The fraction of sp³-hybridized carbons (Fsp3) is 0.875. The van der Waals surface area contributed by atoms with Crippen molar-refractivity contribution in [1.29, 1.82) is 0 Å². The first-order chi connectivity index (χ1) is 5.57. The molecule has 1 atom stereocenters. The van der Waals surface area contributed by atoms with Gasteiger partial charge in [-0.3, -0.25) is 14.9 Å². The van der Waals surface area contributed by atoms with Crippen LogP contribution >= 0.6 is 0 Å². The second kappa shape index (κ2) is 5.69. The molecule has 4 heteroatoms. The molecule has 0 saturated heterocycles. The molecule has 0 aromatic carbocycles. The van der Waals surface area contributed by atoms with Crippen molar-refractivity contribution in [2.75, 3.05) is 6.54 Å². The second-order valence-corrected chi connectivity index (χ2v) is 2.97. The third kappa shape index (κ3) is 4.82. The number of ketones is 1. The summed E-state index contributed by atoms with van der Waals surface area (Å²) in [6.45, 7) is 3.21. The van der Waals surface area contributed by atoms with Crippen LogP contribution in [0.3, 0.4) is 0 Å². The average Bonchev–Trinajstić information content (AvgIpc) is 1.96. The zero-order chi connectivity index (χ0) is 9.56. The van der Waals surface area contributed by atoms with E-state index in [0.717, 1.165) is 12.8 Å². The third-order valence-electron chi connectivity index (χ3n) is 1.85. The number of hydrogen-bond acceptors (Lipinski definition) is 3. The van der Waals surface area contributed by atoms with Crippen molar-refractivity contribution >= 4 is 5.78 Å². The molecule has 4 nitrogen and oxygen atoms in total. The molecule has 0 aliphatic heterocycles. The molecule has 0 aliphatic rings. The Bertz CT molecular complexity index is 168. The molecule has 0 bridgehead atoms. The van der Waals surface area contributed by atoms with E-state index in [0.29, 0.717) is 6.42 Å². The van der Waals surface area contributed by atoms with Gasteiger partial charge in [0.2, 0.25) is 6.54 Å². The Morgan fingerprint density at radius 2 is 2.17 bits per heavy atom. The van der Waals surface area contributed by atoms with Crippen molar-refractivity contribution in [3.63, 3.8) is 0 Å². The highest BCUT2D eigenvalue weighted by Crippen LogP contribution is 2.09. The van der Waals surface area contributed by atoms with Gasteiger partial charge >= 0.3 is 0 Å². The van der Waals surface area contributed by atoms with E-state index in [9.17, 15) is 14.9 Å². The predicted octanol–water partition coefficient (Wildman–Crippen LogP) is 1.66. The number of nitrogens with zero attached hydrogens (tertiary/aromatic N) is 1. The maximum Gasteiger partial charge on any atom is 0.213 e. The minimum absolute atomic E-state index is 0.0693. The molecule has 0 aromatic rings. The standard InChI is InChI=1S/C8H15NO3/c1-3-4-5-8(7(2)10)6-9(11)12/h8H,3-6H2,1-2H3. The van der Waals surface area contributed by atoms with Gasteiger partial charge in [0.1, 0.15) is 5.78 Å². The molecule has 0 amide bonds. The van der Waals surface area contributed by atoms with E-state index >= 15 is 0 Å². The maximum absolute atomic E-state index is 10.9. The molecular weight excluding hydrogens is 158 g/mol. The highest BCUT2D eigenvalue weighted by molar-refractivity contribution is 5.78. The average molecular weight is 173 g/mol. The first-order valence-electron chi connectivity index (χ1n) is 4.20. The fourth-order valence-corrected chi connectivity index (χ4v) is 1.05. The van der Waals surface area contributed by atoms with Gasteiger partial charge < -0.3 is 0 Å². The van der Waals surface area contributed by atoms with Gasteiger partial charge in [-0.05, 0) is 13.3 Å². The van der Waals surface area contributed by atoms with Gasteiger partial charge in [0, 0.05) is 4.92 Å². The molecule has 0 aromatic heterocycles. The van der Waals surface area contributed by atoms with E-state index in [2.05, 4.69) is 0 Å². The van der Waals surface area contributed by atoms with E-state index in [1.54, 1.807) is 0 Å². The van der Waals surface area contributed by atoms with Crippen LogP contribution in [0.1, 0.15) is 33.1 Å². The molecule has 0 N–H and O–H groups in total. The molecule has 12 heavy (non-hydrogen) atoms. The SMILES string of the molecule is CCCCC(C[N+](=O)[O-])C(C)=O. The number of rotatable bonds is 6. The van der Waals surface area contributed by atoms with Crippen LogP contribution in [0.15, 0.2) is 0 Å². The molecule has 0 radical (unpaired) electrons. The van der Waals surface area contributed by atoms with E-state index in [1.807, 2.05) is 6.92 Å². The number of carbonyl (C=O) groups excluding carboxylic acids is 1. The number of nitro groups is 1. The van der Waals surface area contributed by atoms with Crippen molar-refractivity contribution in [2.24, 2.45) is 5.92 Å². The van der Waals surface area contributed by atoms with Crippen LogP contribution in [0, 0.1) is 16.0 Å². The highest BCUT2D eigenvalue weighted by Gasteiger charge is 2.19. The number of Topliss-reactive ketones (excluding diaryl/α,β-unsaturated/α-hetero) is 1. The Morgan fingerprint density at radius 3 is 2.50 bits per heavy atom. The molecule has 0 aliphatic carbocycles. The van der Waals surface area contributed by atoms with E-state index in [-0.39, 0.29) is 18.2 Å². The summed E-state index contributed by atoms with van der Waals surface area (Å²) >= 11 is 0. The summed E-state index contributed by atoms with van der Waals surface area (Å²) in [5.74, 6) is -0.444. The first kappa shape index (κ1) is 11.1. The highest BCUT2D eigenvalue weighted by atomic mass is 16.6. The van der Waals surface area contributed by atoms with Crippen LogP contribution in [0.25, 0.3) is 0 Å². The third-order valence-corrected chi connectivity index (χ3v) is 1.85. The van der Waals surface area contributed by atoms with Gasteiger partial charge in [-0.25, -0.2) is 0 Å². The molecule has 0 rings (SSSR count). The predicted molar refractivity (Wildman–Crippen MR) is 45.6 cm³/mol. The topological polar surface area (TPSA) is 60.2 Å². The molecular formula is C8H15NO3. The van der Waals surface area contributed by atoms with Crippen LogP contribution in [0.2, 0.25) is 0 Å². The van der Waals surface area contributed by atoms with E-state index < -0.39 is 4.92 Å². The Kier molecular flexibility index (Phi) is 5.25. The molecule has 70 valence electrons. The summed E-state index contributed by atoms with van der Waals surface area (Å²) < 4.78 is 0. The van der Waals surface area contributed by atoms with Crippen molar-refractivity contribution in [3.05, 3.63) is 10.1 Å². The Hall–Kier alpha value is -0.930. The van der Waals surface area contributed by atoms with Crippen LogP contribution in [-0.2, 0) is 4.79 Å². The lowest BCUT2D eigenvalue weighted by Crippen LogP contribution is -2.20. The van der Waals surface area contributed by atoms with Crippen molar-refractivity contribution in [3.8, 4) is 0 Å². The molecule has 1 unspecified atom stereocenters. The number of unbranched alkanes of at least 4 members (excludes halogenated alkanes) is 1. The van der Waals surface area contributed by atoms with Crippen LogP contribution in [0.4, 0.5) is 0 Å². The summed E-state index contributed by atoms with van der Waals surface area (Å²) in [4.78, 5) is 20.6. The van der Waals surface area contributed by atoms with Gasteiger partial charge in [-0.1, -0.05) is 19.8 Å². The van der Waals surface area contributed by atoms with Gasteiger partial charge in [0.05, 0.1) is 5.92 Å². The van der Waals surface area contributed by atoms with Crippen molar-refractivity contribution in [1.82, 2.24) is 0 Å². The minimum atomic E-state index is -0.415. The van der Waals surface area contributed by atoms with Crippen LogP contribution in [0.5, 0.6) is 0 Å². The number of hydrogen-bond donors (Lipinski definition) is 0. The van der Waals surface area contributed by atoms with Gasteiger partial charge in [0.25, 0.3) is 0 Å². The lowest BCUT2D eigenvalue weighted by Gasteiger charge is -2.06. The second-order valence-electron chi connectivity index (χ2n) is 2.97. The lowest BCUT2D eigenvalue weighted by molar-refractivity contribution is -0.485. The summed E-state index contributed by atoms with van der Waals surface area (Å²) in [5, 5.41) is 10.1. The lowest BCUT2D eigenvalue weighted by atomic mass is 9.99. The number of carbonyl (C=O) groups is 1. The van der Waals surface area contributed by atoms with E-state index in [1.165, 1.54) is 6.92 Å². The Balaban J connectivity index is 3.87. The molecule has 0 spiro atoms. The first-order valence-corrected chi connectivity index (χ1v) is 4.20. The zero-order valence-electron chi connectivity index (χ0n) is 7.58. The summed E-state index contributed by atoms with van der Waals surface area (Å²) in [6.07, 6.45) is 2.51. The quantitative estimate of drug-likeness (QED) is 0.453. The molecule has 0 fully saturated rings. The molecule has 0 saturated carbocycles. The maximum atomic E-state index is 10.9. The largest absolute Gasteiger partial charge is 0.299 e. The van der Waals surface area contributed by atoms with Crippen molar-refractivity contribution in [2.45, 2.75) is 33.1 Å². The van der Waals surface area contributed by atoms with Gasteiger partial charge in [-0.2, -0.15) is 0 Å². The normalized spacial score (nSPS) is 12.5. The van der Waals surface area contributed by atoms with Crippen molar-refractivity contribution < 1.29 is 9.72 Å². The summed E-state index contributed by atoms with van der Waals surface area (Å²) in [5.41, 5.74) is 0. The summed E-state index contributed by atoms with van der Waals surface area (Å²) in [7, 11) is 0. The minimum Gasteiger partial charge on any atom is -0.299 e. The smallest absolute Gasteiger partial charge is 0.213 e. The van der Waals surface area contributed by atoms with E-state index in [4.69, 9.17) is 0 Å².